The van der Waals surface area contributed by atoms with Crippen LogP contribution in [0.25, 0.3) is 170 Å². The zero-order chi connectivity index (χ0) is 50.2. The van der Waals surface area contributed by atoms with E-state index in [1.165, 1.54) is 48.5 Å². The molecule has 13 aromatic carbocycles. The van der Waals surface area contributed by atoms with Gasteiger partial charge in [0.1, 0.15) is 17.3 Å². The van der Waals surface area contributed by atoms with Crippen LogP contribution in [-0.4, -0.2) is 23.7 Å². The van der Waals surface area contributed by atoms with Crippen molar-refractivity contribution in [2.75, 3.05) is 0 Å². The maximum absolute atomic E-state index is 12.8. The number of nitrogens with zero attached hydrogens (tertiary/aromatic N) is 6. The standard InChI is InChI=1S/C71H38N6/c72-39-53-68(75-54-31-11-25-46-42-21-7-8-22-43(42)47-26-12-32-55(75)62(47)61(46)54)59(40-17-3-1-4-18-40)70(77-58-35-13-27-48-44-23-9-10-24-45(44)50-36-38-74-71(77)66(50)64(48)58)60(41-19-5-2-6-20-41)69(53)76-56-33-14-28-49-51-30-16-37-73-67(51)52-29-15-34-57(76)65(52)63(49)56/h1-38H. The van der Waals surface area contributed by atoms with Crippen LogP contribution in [0.15, 0.2) is 231 Å². The van der Waals surface area contributed by atoms with Crippen molar-refractivity contribution < 1.29 is 0 Å². The van der Waals surface area contributed by atoms with E-state index >= 15 is 0 Å². The predicted octanol–water partition coefficient (Wildman–Crippen LogP) is 18.2. The lowest BCUT2D eigenvalue weighted by Crippen LogP contribution is -2.13. The highest BCUT2D eigenvalue weighted by Gasteiger charge is 2.35. The van der Waals surface area contributed by atoms with Gasteiger partial charge in [-0.05, 0) is 102 Å². The molecule has 0 aliphatic carbocycles. The Hall–Kier alpha value is -10.6. The summed E-state index contributed by atoms with van der Waals surface area (Å²) in [6.45, 7) is 0. The molecule has 6 heteroatoms. The largest absolute Gasteiger partial charge is 0.307 e. The molecular formula is C71H38N6. The van der Waals surface area contributed by atoms with Crippen molar-refractivity contribution >= 4 is 130 Å². The lowest BCUT2D eigenvalue weighted by molar-refractivity contribution is 1.08. The van der Waals surface area contributed by atoms with Crippen LogP contribution in [-0.2, 0) is 0 Å². The molecule has 0 bridgehead atoms. The van der Waals surface area contributed by atoms with Crippen LogP contribution in [0.4, 0.5) is 0 Å². The van der Waals surface area contributed by atoms with Crippen molar-refractivity contribution in [2.45, 2.75) is 0 Å². The number of benzene rings is 13. The summed E-state index contributed by atoms with van der Waals surface area (Å²) in [5.41, 5.74) is 13.8. The van der Waals surface area contributed by atoms with E-state index in [1.807, 2.05) is 18.5 Å². The van der Waals surface area contributed by atoms with Gasteiger partial charge < -0.3 is 9.13 Å². The average molecular weight is 975 g/mol. The molecule has 0 aliphatic heterocycles. The van der Waals surface area contributed by atoms with Crippen molar-refractivity contribution in [2.24, 2.45) is 0 Å². The number of rotatable bonds is 5. The van der Waals surface area contributed by atoms with Gasteiger partial charge in [-0.1, -0.05) is 176 Å². The van der Waals surface area contributed by atoms with E-state index in [-0.39, 0.29) is 0 Å². The second kappa shape index (κ2) is 14.8. The first-order chi connectivity index (χ1) is 38.3. The summed E-state index contributed by atoms with van der Waals surface area (Å²) in [5.74, 6) is 0. The summed E-state index contributed by atoms with van der Waals surface area (Å²) in [7, 11) is 0. The molecule has 352 valence electrons. The monoisotopic (exact) mass is 974 g/mol. The second-order valence-electron chi connectivity index (χ2n) is 20.6. The number of hydrogen-bond donors (Lipinski definition) is 0. The summed E-state index contributed by atoms with van der Waals surface area (Å²) in [6.07, 6.45) is 3.87. The number of hydrogen-bond acceptors (Lipinski definition) is 3. The molecule has 18 aromatic rings. The summed E-state index contributed by atoms with van der Waals surface area (Å²) in [5, 5.41) is 32.4. The van der Waals surface area contributed by atoms with E-state index in [1.54, 1.807) is 0 Å². The second-order valence-corrected chi connectivity index (χ2v) is 20.6. The van der Waals surface area contributed by atoms with E-state index < -0.39 is 0 Å². The molecule has 0 amide bonds. The normalized spacial score (nSPS) is 12.4. The van der Waals surface area contributed by atoms with Crippen LogP contribution in [0, 0.1) is 11.3 Å². The molecule has 0 unspecified atom stereocenters. The molecule has 5 aromatic heterocycles. The Morgan fingerprint density at radius 1 is 0.286 bits per heavy atom. The van der Waals surface area contributed by atoms with Crippen LogP contribution in [0.5, 0.6) is 0 Å². The lowest BCUT2D eigenvalue weighted by Gasteiger charge is -2.28. The Morgan fingerprint density at radius 3 is 1.14 bits per heavy atom. The molecular weight excluding hydrogens is 937 g/mol. The zero-order valence-electron chi connectivity index (χ0n) is 41.1. The zero-order valence-corrected chi connectivity index (χ0v) is 41.1. The molecule has 6 nitrogen and oxygen atoms in total. The molecule has 0 spiro atoms. The van der Waals surface area contributed by atoms with E-state index in [2.05, 4.69) is 232 Å². The van der Waals surface area contributed by atoms with Gasteiger partial charge in [0.25, 0.3) is 0 Å². The number of nitriles is 1. The number of aromatic nitrogens is 5. The van der Waals surface area contributed by atoms with Crippen molar-refractivity contribution in [3.05, 3.63) is 236 Å². The fourth-order valence-electron chi connectivity index (χ4n) is 14.2. The van der Waals surface area contributed by atoms with E-state index in [0.29, 0.717) is 5.56 Å². The summed E-state index contributed by atoms with van der Waals surface area (Å²) < 4.78 is 7.29. The fourth-order valence-corrected chi connectivity index (χ4v) is 14.2. The summed E-state index contributed by atoms with van der Waals surface area (Å²) >= 11 is 0. The molecule has 0 radical (unpaired) electrons. The highest BCUT2D eigenvalue weighted by molar-refractivity contribution is 6.37. The van der Waals surface area contributed by atoms with Gasteiger partial charge in [-0.15, -0.1) is 0 Å². The third-order valence-corrected chi connectivity index (χ3v) is 17.0. The smallest absolute Gasteiger partial charge is 0.146 e. The summed E-state index contributed by atoms with van der Waals surface area (Å²) in [4.78, 5) is 10.5. The molecule has 18 rings (SSSR count). The minimum atomic E-state index is 0.550. The maximum atomic E-state index is 12.8. The Balaban J connectivity index is 1.17. The van der Waals surface area contributed by atoms with Crippen LogP contribution >= 0.6 is 0 Å². The predicted molar refractivity (Wildman–Crippen MR) is 319 cm³/mol. The van der Waals surface area contributed by atoms with Crippen molar-refractivity contribution in [1.29, 1.82) is 5.26 Å². The highest BCUT2D eigenvalue weighted by atomic mass is 15.1. The first kappa shape index (κ1) is 40.8. The van der Waals surface area contributed by atoms with E-state index in [0.717, 1.165) is 121 Å². The number of fused-ring (bicyclic) bond motifs is 9. The van der Waals surface area contributed by atoms with Gasteiger partial charge in [0.15, 0.2) is 0 Å². The summed E-state index contributed by atoms with van der Waals surface area (Å²) in [6, 6.07) is 81.9. The van der Waals surface area contributed by atoms with E-state index in [9.17, 15) is 5.26 Å². The van der Waals surface area contributed by atoms with Gasteiger partial charge in [0, 0.05) is 66.6 Å². The Labute approximate surface area is 438 Å². The molecule has 0 atom stereocenters. The van der Waals surface area contributed by atoms with Crippen LogP contribution in [0.1, 0.15) is 5.56 Å². The highest BCUT2D eigenvalue weighted by Crippen LogP contribution is 2.55. The van der Waals surface area contributed by atoms with Crippen LogP contribution in [0.2, 0.25) is 0 Å². The third-order valence-electron chi connectivity index (χ3n) is 17.0. The van der Waals surface area contributed by atoms with E-state index in [4.69, 9.17) is 9.97 Å². The van der Waals surface area contributed by atoms with Gasteiger partial charge in [-0.25, -0.2) is 4.98 Å². The maximum Gasteiger partial charge on any atom is 0.146 e. The van der Waals surface area contributed by atoms with Gasteiger partial charge in [-0.2, -0.15) is 5.26 Å². The Morgan fingerprint density at radius 2 is 0.662 bits per heavy atom. The third kappa shape index (κ3) is 5.04. The number of pyridine rings is 2. The molecule has 0 N–H and O–H groups in total. The lowest BCUT2D eigenvalue weighted by atomic mass is 9.88. The SMILES string of the molecule is N#Cc1c(-n2c3cccc4c5ccccc5c5cccc2c5c43)c(-c2ccccc2)c(-n2c3cccc4c5ccccc5c5ccnc2c5c43)c(-c2ccccc2)c1-n1c2cccc3c4cccnc4c4cccc1c4c32. The van der Waals surface area contributed by atoms with Gasteiger partial charge in [0.2, 0.25) is 0 Å². The van der Waals surface area contributed by atoms with Crippen LogP contribution in [0.3, 0.4) is 0 Å². The average Bonchev–Trinajstić information content (AvgIpc) is 4.32. The molecule has 0 fully saturated rings. The topological polar surface area (TPSA) is 64.4 Å². The molecule has 5 heterocycles. The Kier molecular flexibility index (Phi) is 7.84. The molecule has 0 saturated heterocycles. The van der Waals surface area contributed by atoms with Crippen molar-refractivity contribution in [1.82, 2.24) is 23.7 Å². The van der Waals surface area contributed by atoms with Gasteiger partial charge in [-0.3, -0.25) is 9.55 Å². The molecule has 0 saturated carbocycles. The molecule has 77 heavy (non-hydrogen) atoms. The fraction of sp³-hybridized carbons (Fsp3) is 0. The minimum absolute atomic E-state index is 0.550. The minimum Gasteiger partial charge on any atom is -0.307 e. The van der Waals surface area contributed by atoms with Crippen LogP contribution < -0.4 is 0 Å². The molecule has 0 aliphatic rings. The first-order valence-electron chi connectivity index (χ1n) is 26.2. The van der Waals surface area contributed by atoms with Crippen molar-refractivity contribution in [3.63, 3.8) is 0 Å². The van der Waals surface area contributed by atoms with Gasteiger partial charge >= 0.3 is 0 Å². The Bertz CT molecular complexity index is 5070. The van der Waals surface area contributed by atoms with Gasteiger partial charge in [0.05, 0.1) is 50.2 Å². The quantitative estimate of drug-likeness (QED) is 0.161. The van der Waals surface area contributed by atoms with Crippen molar-refractivity contribution in [3.8, 4) is 45.4 Å². The first-order valence-corrected chi connectivity index (χ1v) is 26.2.